The highest BCUT2D eigenvalue weighted by Crippen LogP contribution is 2.53. The minimum atomic E-state index is -5.07. The minimum Gasteiger partial charge on any atom is -0.507 e. The summed E-state index contributed by atoms with van der Waals surface area (Å²) in [4.78, 5) is 0. The zero-order chi connectivity index (χ0) is 21.6. The van der Waals surface area contributed by atoms with Gasteiger partial charge < -0.3 is 10.2 Å². The molecule has 0 heterocycles. The summed E-state index contributed by atoms with van der Waals surface area (Å²) in [6.45, 7) is 0. The van der Waals surface area contributed by atoms with Gasteiger partial charge in [0.1, 0.15) is 5.75 Å². The fourth-order valence-corrected chi connectivity index (χ4v) is 5.41. The zero-order valence-corrected chi connectivity index (χ0v) is 18.1. The van der Waals surface area contributed by atoms with Crippen LogP contribution in [-0.2, 0) is 14.9 Å². The molecule has 3 N–H and O–H groups in total. The number of halogens is 4. The fraction of sp³-hybridized carbons (Fsp3) is 0.0526. The molecule has 5 nitrogen and oxygen atoms in total. The first kappa shape index (κ1) is 22.0. The first-order valence-corrected chi connectivity index (χ1v) is 10.8. The summed E-state index contributed by atoms with van der Waals surface area (Å²) in [5, 5.41) is 20.6. The highest BCUT2D eigenvalue weighted by Gasteiger charge is 2.52. The van der Waals surface area contributed by atoms with Gasteiger partial charge in [-0.1, -0.05) is 70.7 Å². The lowest BCUT2D eigenvalue weighted by molar-refractivity contribution is 0.435. The summed E-state index contributed by atoms with van der Waals surface area (Å²) in [5.74, 6) is -1.31. The molecule has 0 saturated heterocycles. The summed E-state index contributed by atoms with van der Waals surface area (Å²) in [7, 11) is -5.07. The predicted octanol–water partition coefficient (Wildman–Crippen LogP) is 5.89. The Bertz CT molecular complexity index is 1130. The van der Waals surface area contributed by atoms with Gasteiger partial charge in [0.25, 0.3) is 10.1 Å². The lowest BCUT2D eigenvalue weighted by Crippen LogP contribution is -2.38. The summed E-state index contributed by atoms with van der Waals surface area (Å²) >= 11 is 24.0. The molecule has 0 atom stereocenters. The van der Waals surface area contributed by atoms with Gasteiger partial charge in [-0.05, 0) is 35.4 Å². The summed E-state index contributed by atoms with van der Waals surface area (Å²) in [6.07, 6.45) is 0. The van der Waals surface area contributed by atoms with Crippen LogP contribution < -0.4 is 0 Å². The van der Waals surface area contributed by atoms with Crippen LogP contribution in [0.25, 0.3) is 0 Å². The van der Waals surface area contributed by atoms with E-state index >= 15 is 0 Å². The monoisotopic (exact) mass is 492 g/mol. The second-order valence-corrected chi connectivity index (χ2v) is 9.31. The van der Waals surface area contributed by atoms with Crippen molar-refractivity contribution in [3.63, 3.8) is 0 Å². The maximum absolute atomic E-state index is 12.9. The Morgan fingerprint density at radius 3 is 1.55 bits per heavy atom. The van der Waals surface area contributed by atoms with E-state index in [0.717, 1.165) is 6.07 Å². The van der Waals surface area contributed by atoms with E-state index in [1.54, 1.807) is 0 Å². The number of phenols is 2. The first-order chi connectivity index (χ1) is 13.5. The number of benzene rings is 3. The normalized spacial score (nSPS) is 12.2. The van der Waals surface area contributed by atoms with Crippen LogP contribution in [0.4, 0.5) is 0 Å². The highest BCUT2D eigenvalue weighted by molar-refractivity contribution is 7.87. The van der Waals surface area contributed by atoms with Crippen LogP contribution in [-0.4, -0.2) is 23.2 Å². The van der Waals surface area contributed by atoms with Crippen LogP contribution >= 0.6 is 46.4 Å². The Labute approximate surface area is 186 Å². The lowest BCUT2D eigenvalue weighted by Gasteiger charge is -2.34. The SMILES string of the molecule is O=S(=O)(O)C(c1ccc(Cl)cc1)(c1ccc(Cl)cc1)c1c(O)cc(Cl)c(O)c1Cl. The molecule has 0 saturated carbocycles. The number of hydrogen-bond donors (Lipinski definition) is 3. The molecule has 0 spiro atoms. The van der Waals surface area contributed by atoms with Gasteiger partial charge in [-0.15, -0.1) is 0 Å². The van der Waals surface area contributed by atoms with E-state index in [2.05, 4.69) is 0 Å². The van der Waals surface area contributed by atoms with Gasteiger partial charge >= 0.3 is 0 Å². The molecule has 0 aliphatic carbocycles. The smallest absolute Gasteiger partial charge is 0.283 e. The van der Waals surface area contributed by atoms with Crippen molar-refractivity contribution < 1.29 is 23.2 Å². The van der Waals surface area contributed by atoms with Gasteiger partial charge in [0.2, 0.25) is 0 Å². The number of rotatable bonds is 4. The average Bonchev–Trinajstić information content (AvgIpc) is 2.64. The molecule has 3 aromatic carbocycles. The summed E-state index contributed by atoms with van der Waals surface area (Å²) in [6, 6.07) is 12.0. The molecule has 29 heavy (non-hydrogen) atoms. The molecule has 3 rings (SSSR count). The Hall–Kier alpha value is -1.67. The van der Waals surface area contributed by atoms with Gasteiger partial charge in [0.15, 0.2) is 10.5 Å². The van der Waals surface area contributed by atoms with Crippen molar-refractivity contribution in [3.8, 4) is 11.5 Å². The molecule has 0 unspecified atom stereocenters. The molecule has 152 valence electrons. The molecular weight excluding hydrogens is 482 g/mol. The first-order valence-electron chi connectivity index (χ1n) is 7.89. The zero-order valence-electron chi connectivity index (χ0n) is 14.3. The largest absolute Gasteiger partial charge is 0.507 e. The molecule has 10 heteroatoms. The molecule has 3 aromatic rings. The van der Waals surface area contributed by atoms with Gasteiger partial charge in [-0.3, -0.25) is 4.55 Å². The third-order valence-corrected chi connectivity index (χ3v) is 7.02. The molecule has 0 aliphatic heterocycles. The average molecular weight is 494 g/mol. The Morgan fingerprint density at radius 2 is 1.17 bits per heavy atom. The molecule has 0 aliphatic rings. The Morgan fingerprint density at radius 1 is 0.759 bits per heavy atom. The van der Waals surface area contributed by atoms with Crippen LogP contribution in [0.15, 0.2) is 54.6 Å². The Kier molecular flexibility index (Phi) is 5.98. The van der Waals surface area contributed by atoms with Crippen molar-refractivity contribution in [2.75, 3.05) is 0 Å². The van der Waals surface area contributed by atoms with E-state index in [1.807, 2.05) is 0 Å². The van der Waals surface area contributed by atoms with Crippen LogP contribution in [0.2, 0.25) is 20.1 Å². The molecule has 0 bridgehead atoms. The molecule has 0 fully saturated rings. The van der Waals surface area contributed by atoms with Crippen molar-refractivity contribution in [1.29, 1.82) is 0 Å². The number of hydrogen-bond acceptors (Lipinski definition) is 4. The van der Waals surface area contributed by atoms with Crippen LogP contribution in [0.5, 0.6) is 11.5 Å². The Balaban J connectivity index is 2.59. The summed E-state index contributed by atoms with van der Waals surface area (Å²) < 4.78 is 33.9. The van der Waals surface area contributed by atoms with Crippen LogP contribution in [0, 0.1) is 0 Å². The van der Waals surface area contributed by atoms with E-state index in [0.29, 0.717) is 10.0 Å². The van der Waals surface area contributed by atoms with Crippen molar-refractivity contribution in [2.24, 2.45) is 0 Å². The second kappa shape index (κ2) is 7.87. The third kappa shape index (κ3) is 3.65. The van der Waals surface area contributed by atoms with E-state index < -0.39 is 37.0 Å². The van der Waals surface area contributed by atoms with Crippen molar-refractivity contribution >= 4 is 56.5 Å². The van der Waals surface area contributed by atoms with E-state index in [-0.39, 0.29) is 16.1 Å². The quantitative estimate of drug-likeness (QED) is 0.239. The second-order valence-electron chi connectivity index (χ2n) is 6.09. The number of aromatic hydroxyl groups is 2. The maximum Gasteiger partial charge on any atom is 0.283 e. The standard InChI is InChI=1S/C19H12Cl4O5S/c20-12-5-1-10(2-6-12)19(29(26,27)28,11-3-7-13(21)8-4-11)16-15(24)9-14(22)18(25)17(16)23/h1-9,24-25H,(H,26,27,28). The topological polar surface area (TPSA) is 94.8 Å². The fourth-order valence-electron chi connectivity index (χ4n) is 3.18. The van der Waals surface area contributed by atoms with Crippen LogP contribution in [0.1, 0.15) is 16.7 Å². The van der Waals surface area contributed by atoms with Crippen molar-refractivity contribution in [1.82, 2.24) is 0 Å². The van der Waals surface area contributed by atoms with Crippen molar-refractivity contribution in [3.05, 3.63) is 91.4 Å². The molecular formula is C19H12Cl4O5S. The number of phenolic OH excluding ortho intramolecular Hbond substituents is 2. The van der Waals surface area contributed by atoms with E-state index in [4.69, 9.17) is 46.4 Å². The minimum absolute atomic E-state index is 0.00523. The molecule has 0 amide bonds. The summed E-state index contributed by atoms with van der Waals surface area (Å²) in [5.41, 5.74) is -0.468. The lowest BCUT2D eigenvalue weighted by atomic mass is 9.83. The van der Waals surface area contributed by atoms with Crippen LogP contribution in [0.3, 0.4) is 0 Å². The van der Waals surface area contributed by atoms with Gasteiger partial charge in [0.05, 0.1) is 10.0 Å². The van der Waals surface area contributed by atoms with E-state index in [1.165, 1.54) is 48.5 Å². The van der Waals surface area contributed by atoms with Gasteiger partial charge in [0, 0.05) is 21.7 Å². The molecule has 0 radical (unpaired) electrons. The maximum atomic E-state index is 12.9. The van der Waals surface area contributed by atoms with Crippen molar-refractivity contribution in [2.45, 2.75) is 4.75 Å². The highest BCUT2D eigenvalue weighted by atomic mass is 35.5. The van der Waals surface area contributed by atoms with Gasteiger partial charge in [-0.2, -0.15) is 8.42 Å². The molecule has 0 aromatic heterocycles. The third-order valence-electron chi connectivity index (χ3n) is 4.41. The predicted molar refractivity (Wildman–Crippen MR) is 114 cm³/mol. The van der Waals surface area contributed by atoms with E-state index in [9.17, 15) is 23.2 Å². The van der Waals surface area contributed by atoms with Gasteiger partial charge in [-0.25, -0.2) is 0 Å².